The Hall–Kier alpha value is -1.75. The number of thiocarbonyl (C=S) groups is 1. The van der Waals surface area contributed by atoms with Gasteiger partial charge in [0.05, 0.1) is 12.0 Å². The predicted molar refractivity (Wildman–Crippen MR) is 151 cm³/mol. The number of hydrogen-bond acceptors (Lipinski definition) is 9. The number of anilines is 1. The highest BCUT2D eigenvalue weighted by atomic mass is 32.1. The molecule has 0 amide bonds. The average molecular weight is 566 g/mol. The fourth-order valence-electron chi connectivity index (χ4n) is 5.69. The van der Waals surface area contributed by atoms with Gasteiger partial charge in [0.2, 0.25) is 5.78 Å². The van der Waals surface area contributed by atoms with E-state index in [1.54, 1.807) is 10.8 Å². The SMILES string of the molecule is CC(C)[Si]1(C(C)C)OC[C@H]2OC(n3cc(C(N)=S)c4c(N)ncnc43)C(=O)[C@H]2O[Si](C(C)C)(C(C)C)O1. The van der Waals surface area contributed by atoms with Gasteiger partial charge in [-0.2, -0.15) is 0 Å². The highest BCUT2D eigenvalue weighted by Crippen LogP contribution is 2.48. The highest BCUT2D eigenvalue weighted by molar-refractivity contribution is 7.80. The van der Waals surface area contributed by atoms with Gasteiger partial charge in [-0.25, -0.2) is 9.97 Å². The highest BCUT2D eigenvalue weighted by Gasteiger charge is 2.61. The molecule has 4 heterocycles. The van der Waals surface area contributed by atoms with Gasteiger partial charge in [-0.1, -0.05) is 67.6 Å². The molecule has 0 saturated carbocycles. The molecule has 204 valence electrons. The molecule has 3 atom stereocenters. The number of ether oxygens (including phenoxy) is 1. The fraction of sp³-hybridized carbons (Fsp3) is 0.667. The zero-order valence-corrected chi connectivity index (χ0v) is 25.7. The van der Waals surface area contributed by atoms with E-state index in [0.29, 0.717) is 16.6 Å². The number of aromatic nitrogens is 3. The summed E-state index contributed by atoms with van der Waals surface area (Å²) in [6.45, 7) is 17.3. The number of rotatable bonds is 6. The van der Waals surface area contributed by atoms with Gasteiger partial charge < -0.3 is 29.2 Å². The third-order valence-electron chi connectivity index (χ3n) is 7.64. The van der Waals surface area contributed by atoms with Crippen LogP contribution in [0.25, 0.3) is 11.0 Å². The first kappa shape index (κ1) is 28.3. The van der Waals surface area contributed by atoms with Crippen molar-refractivity contribution in [3.8, 4) is 0 Å². The van der Waals surface area contributed by atoms with Crippen LogP contribution in [0.5, 0.6) is 0 Å². The monoisotopic (exact) mass is 565 g/mol. The summed E-state index contributed by atoms with van der Waals surface area (Å²) in [7, 11) is -5.73. The van der Waals surface area contributed by atoms with Crippen LogP contribution in [0.1, 0.15) is 67.2 Å². The zero-order chi connectivity index (χ0) is 27.4. The summed E-state index contributed by atoms with van der Waals surface area (Å²) in [6.07, 6.45) is 0.566. The fourth-order valence-corrected chi connectivity index (χ4v) is 17.0. The molecule has 0 bridgehead atoms. The molecule has 2 aliphatic heterocycles. The van der Waals surface area contributed by atoms with Gasteiger partial charge in [0.15, 0.2) is 6.23 Å². The molecule has 0 aliphatic carbocycles. The molecule has 0 radical (unpaired) electrons. The average Bonchev–Trinajstić information content (AvgIpc) is 3.32. The molecule has 10 nitrogen and oxygen atoms in total. The maximum atomic E-state index is 14.0. The molecule has 0 spiro atoms. The number of Topliss-reactive ketones (excluding diaryl/α,β-unsaturated/α-hetero) is 1. The predicted octanol–water partition coefficient (Wildman–Crippen LogP) is 4.07. The zero-order valence-electron chi connectivity index (χ0n) is 22.8. The Morgan fingerprint density at radius 1 is 1.05 bits per heavy atom. The first-order valence-corrected chi connectivity index (χ1v) is 17.2. The van der Waals surface area contributed by atoms with Crippen LogP contribution in [0.4, 0.5) is 5.82 Å². The normalized spacial score (nSPS) is 25.7. The molecule has 0 aromatic carbocycles. The van der Waals surface area contributed by atoms with Crippen molar-refractivity contribution >= 4 is 57.0 Å². The van der Waals surface area contributed by atoms with E-state index in [2.05, 4.69) is 65.4 Å². The van der Waals surface area contributed by atoms with Crippen molar-refractivity contribution in [3.63, 3.8) is 0 Å². The van der Waals surface area contributed by atoms with Crippen LogP contribution in [0.2, 0.25) is 22.2 Å². The lowest BCUT2D eigenvalue weighted by Crippen LogP contribution is -2.65. The topological polar surface area (TPSA) is 137 Å². The Morgan fingerprint density at radius 2 is 1.65 bits per heavy atom. The lowest BCUT2D eigenvalue weighted by molar-refractivity contribution is -0.130. The summed E-state index contributed by atoms with van der Waals surface area (Å²) in [5.41, 5.74) is 13.6. The second-order valence-electron chi connectivity index (χ2n) is 11.2. The van der Waals surface area contributed by atoms with Crippen LogP contribution >= 0.6 is 12.2 Å². The van der Waals surface area contributed by atoms with E-state index in [0.717, 1.165) is 0 Å². The van der Waals surface area contributed by atoms with E-state index >= 15 is 0 Å². The summed E-state index contributed by atoms with van der Waals surface area (Å²) >= 11 is 5.24. The summed E-state index contributed by atoms with van der Waals surface area (Å²) < 4.78 is 28.9. The Balaban J connectivity index is 1.83. The molecule has 2 aromatic heterocycles. The van der Waals surface area contributed by atoms with Crippen LogP contribution < -0.4 is 11.5 Å². The van der Waals surface area contributed by atoms with Crippen molar-refractivity contribution in [2.24, 2.45) is 5.73 Å². The van der Waals surface area contributed by atoms with Crippen molar-refractivity contribution in [2.75, 3.05) is 12.3 Å². The lowest BCUT2D eigenvalue weighted by atomic mass is 10.1. The first-order valence-electron chi connectivity index (χ1n) is 12.9. The van der Waals surface area contributed by atoms with E-state index in [9.17, 15) is 4.79 Å². The van der Waals surface area contributed by atoms with Crippen LogP contribution in [0.15, 0.2) is 12.5 Å². The van der Waals surface area contributed by atoms with E-state index in [1.807, 2.05) is 0 Å². The smallest absolute Gasteiger partial charge is 0.335 e. The Bertz CT molecular complexity index is 1190. The molecule has 4 rings (SSSR count). The van der Waals surface area contributed by atoms with Crippen LogP contribution in [0, 0.1) is 0 Å². The van der Waals surface area contributed by atoms with Crippen LogP contribution in [-0.4, -0.2) is 61.2 Å². The van der Waals surface area contributed by atoms with Crippen LogP contribution in [0.3, 0.4) is 0 Å². The van der Waals surface area contributed by atoms with Crippen LogP contribution in [-0.2, 0) is 22.5 Å². The molecule has 2 aliphatic rings. The molecule has 4 N–H and O–H groups in total. The molecule has 13 heteroatoms. The molecule has 37 heavy (non-hydrogen) atoms. The van der Waals surface area contributed by atoms with Gasteiger partial charge in [-0.05, 0) is 22.2 Å². The van der Waals surface area contributed by atoms with Gasteiger partial charge in [0.25, 0.3) is 0 Å². The van der Waals surface area contributed by atoms with Crippen molar-refractivity contribution in [1.82, 2.24) is 14.5 Å². The van der Waals surface area contributed by atoms with Gasteiger partial charge in [-0.15, -0.1) is 0 Å². The molecule has 2 fully saturated rings. The Labute approximate surface area is 225 Å². The number of nitrogens with zero attached hydrogens (tertiary/aromatic N) is 3. The van der Waals surface area contributed by atoms with E-state index in [1.165, 1.54) is 6.33 Å². The molecule has 1 unspecified atom stereocenters. The number of ketones is 1. The van der Waals surface area contributed by atoms with E-state index in [4.69, 9.17) is 41.4 Å². The van der Waals surface area contributed by atoms with E-state index in [-0.39, 0.29) is 45.4 Å². The standard InChI is InChI=1S/C24H39N5O5SSi2/c1-12(2)36(13(3)4)31-10-17-20(33-37(34-36,14(5)6)15(7)8)19(30)24(32-17)29-9-16(22(26)35)18-21(25)27-11-28-23(18)29/h9,11-15,17,20,24H,10H2,1-8H3,(H2,26,35)(H2,25,27,28)/t17-,20+,24?/m1/s1. The lowest BCUT2D eigenvalue weighted by Gasteiger charge is -2.50. The first-order chi connectivity index (χ1) is 17.3. The molecular formula is C24H39N5O5SSi2. The van der Waals surface area contributed by atoms with Crippen molar-refractivity contribution < 1.29 is 22.5 Å². The molecular weight excluding hydrogens is 527 g/mol. The summed E-state index contributed by atoms with van der Waals surface area (Å²) in [5.74, 6) is 0.00824. The maximum Gasteiger partial charge on any atom is 0.335 e. The second-order valence-corrected chi connectivity index (χ2v) is 20.5. The minimum atomic E-state index is -2.97. The van der Waals surface area contributed by atoms with Crippen molar-refractivity contribution in [1.29, 1.82) is 0 Å². The minimum Gasteiger partial charge on any atom is -0.414 e. The molecule has 2 aromatic rings. The summed E-state index contributed by atoms with van der Waals surface area (Å²) in [4.78, 5) is 22.6. The van der Waals surface area contributed by atoms with Gasteiger partial charge >= 0.3 is 17.1 Å². The van der Waals surface area contributed by atoms with E-state index < -0.39 is 35.6 Å². The van der Waals surface area contributed by atoms with Gasteiger partial charge in [0, 0.05) is 11.8 Å². The number of carbonyl (C=O) groups is 1. The number of carbonyl (C=O) groups excluding carboxylic acids is 1. The number of fused-ring (bicyclic) bond motifs is 2. The minimum absolute atomic E-state index is 0.0900. The summed E-state index contributed by atoms with van der Waals surface area (Å²) in [6, 6.07) is 0. The third kappa shape index (κ3) is 4.47. The Morgan fingerprint density at radius 3 is 2.19 bits per heavy atom. The number of nitrogen functional groups attached to an aromatic ring is 1. The van der Waals surface area contributed by atoms with Gasteiger partial charge in [-0.3, -0.25) is 9.36 Å². The number of hydrogen-bond donors (Lipinski definition) is 2. The largest absolute Gasteiger partial charge is 0.414 e. The van der Waals surface area contributed by atoms with Gasteiger partial charge in [0.1, 0.15) is 35.0 Å². The van der Waals surface area contributed by atoms with Crippen molar-refractivity contribution in [3.05, 3.63) is 18.1 Å². The van der Waals surface area contributed by atoms with Crippen molar-refractivity contribution in [2.45, 2.75) is 96.0 Å². The molecule has 2 saturated heterocycles. The maximum absolute atomic E-state index is 14.0. The second kappa shape index (κ2) is 10.1. The quantitative estimate of drug-likeness (QED) is 0.389. The Kier molecular flexibility index (Phi) is 7.71. The summed E-state index contributed by atoms with van der Waals surface area (Å²) in [5, 5.41) is 0.496. The number of nitrogens with two attached hydrogens (primary N) is 2. The third-order valence-corrected chi connectivity index (χ3v) is 18.1.